The molecule has 33 heavy (non-hydrogen) atoms. The summed E-state index contributed by atoms with van der Waals surface area (Å²) in [6.07, 6.45) is 7.28. The predicted octanol–water partition coefficient (Wildman–Crippen LogP) is 3.50. The molecule has 8 heteroatoms. The lowest BCUT2D eigenvalue weighted by molar-refractivity contribution is -0.122. The van der Waals surface area contributed by atoms with E-state index in [0.717, 1.165) is 30.5 Å². The summed E-state index contributed by atoms with van der Waals surface area (Å²) in [4.78, 5) is 29.0. The maximum atomic E-state index is 12.5. The van der Waals surface area contributed by atoms with Crippen molar-refractivity contribution in [3.63, 3.8) is 0 Å². The molecule has 2 amide bonds. The fourth-order valence-corrected chi connectivity index (χ4v) is 3.80. The summed E-state index contributed by atoms with van der Waals surface area (Å²) in [5, 5.41) is 14.4. The van der Waals surface area contributed by atoms with Crippen molar-refractivity contribution in [1.82, 2.24) is 24.9 Å². The van der Waals surface area contributed by atoms with Crippen molar-refractivity contribution in [2.24, 2.45) is 5.92 Å². The molecule has 0 aliphatic heterocycles. The highest BCUT2D eigenvalue weighted by molar-refractivity contribution is 5.94. The molecule has 3 heterocycles. The number of hydrogen-bond acceptors (Lipinski definition) is 5. The van der Waals surface area contributed by atoms with Gasteiger partial charge in [0.2, 0.25) is 5.91 Å². The number of aromatic nitrogens is 4. The summed E-state index contributed by atoms with van der Waals surface area (Å²) in [7, 11) is 0. The number of pyridine rings is 2. The lowest BCUT2D eigenvalue weighted by atomic mass is 9.85. The molecular weight excluding hydrogens is 416 g/mol. The highest BCUT2D eigenvalue weighted by Gasteiger charge is 2.25. The molecule has 2 N–H and O–H groups in total. The first-order chi connectivity index (χ1) is 16.2. The Bertz CT molecular complexity index is 1280. The monoisotopic (exact) mass is 440 g/mol. The molecule has 0 spiro atoms. The van der Waals surface area contributed by atoms with E-state index in [9.17, 15) is 9.59 Å². The summed E-state index contributed by atoms with van der Waals surface area (Å²) >= 11 is 0. The number of nitrogens with zero attached hydrogens (tertiary/aromatic N) is 4. The van der Waals surface area contributed by atoms with E-state index in [2.05, 4.69) is 25.8 Å². The topological polar surface area (TPSA) is 101 Å². The Labute approximate surface area is 191 Å². The average molecular weight is 441 g/mol. The third-order valence-corrected chi connectivity index (χ3v) is 5.94. The van der Waals surface area contributed by atoms with Gasteiger partial charge in [-0.05, 0) is 49.2 Å². The lowest BCUT2D eigenvalue weighted by Crippen LogP contribution is -2.28. The Kier molecular flexibility index (Phi) is 5.80. The average Bonchev–Trinajstić information content (AvgIpc) is 3.22. The molecule has 4 aromatic rings. The molecule has 166 valence electrons. The second-order valence-corrected chi connectivity index (χ2v) is 8.19. The van der Waals surface area contributed by atoms with Gasteiger partial charge in [-0.25, -0.2) is 0 Å². The smallest absolute Gasteiger partial charge is 0.251 e. The summed E-state index contributed by atoms with van der Waals surface area (Å²) in [6.45, 7) is 0.516. The molecular formula is C25H24N6O2. The van der Waals surface area contributed by atoms with Crippen molar-refractivity contribution < 1.29 is 9.59 Å². The van der Waals surface area contributed by atoms with Gasteiger partial charge in [-0.3, -0.25) is 19.0 Å². The van der Waals surface area contributed by atoms with E-state index >= 15 is 0 Å². The van der Waals surface area contributed by atoms with Crippen LogP contribution in [0.4, 0.5) is 5.69 Å². The molecule has 5 rings (SSSR count). The van der Waals surface area contributed by atoms with Crippen LogP contribution in [0.15, 0.2) is 67.0 Å². The Morgan fingerprint density at radius 2 is 1.85 bits per heavy atom. The van der Waals surface area contributed by atoms with E-state index < -0.39 is 0 Å². The van der Waals surface area contributed by atoms with E-state index in [1.807, 2.05) is 53.1 Å². The van der Waals surface area contributed by atoms with Crippen LogP contribution >= 0.6 is 0 Å². The molecule has 8 nitrogen and oxygen atoms in total. The molecule has 1 saturated carbocycles. The highest BCUT2D eigenvalue weighted by atomic mass is 16.2. The molecule has 1 aromatic carbocycles. The van der Waals surface area contributed by atoms with Gasteiger partial charge in [0, 0.05) is 48.1 Å². The molecule has 0 saturated heterocycles. The lowest BCUT2D eigenvalue weighted by Gasteiger charge is -2.24. The maximum Gasteiger partial charge on any atom is 0.251 e. The van der Waals surface area contributed by atoms with E-state index in [0.29, 0.717) is 35.7 Å². The number of hydrogen-bond donors (Lipinski definition) is 2. The molecule has 3 aromatic heterocycles. The van der Waals surface area contributed by atoms with E-state index in [1.54, 1.807) is 18.3 Å². The van der Waals surface area contributed by atoms with Crippen molar-refractivity contribution >= 4 is 23.1 Å². The highest BCUT2D eigenvalue weighted by Crippen LogP contribution is 2.28. The SMILES string of the molecule is O=C(NCCc1ccccn1)c1ccc(-c2nnc3ccc(NC(=O)C4CCC4)cn23)cc1. The van der Waals surface area contributed by atoms with Crippen molar-refractivity contribution in [3.05, 3.63) is 78.2 Å². The molecule has 0 bridgehead atoms. The predicted molar refractivity (Wildman–Crippen MR) is 125 cm³/mol. The van der Waals surface area contributed by atoms with E-state index in [-0.39, 0.29) is 17.7 Å². The first kappa shape index (κ1) is 20.8. The van der Waals surface area contributed by atoms with Crippen molar-refractivity contribution in [1.29, 1.82) is 0 Å². The third kappa shape index (κ3) is 4.59. The second-order valence-electron chi connectivity index (χ2n) is 8.19. The fraction of sp³-hybridized carbons (Fsp3) is 0.240. The number of carbonyl (C=O) groups excluding carboxylic acids is 2. The van der Waals surface area contributed by atoms with Crippen LogP contribution in [-0.4, -0.2) is 37.9 Å². The van der Waals surface area contributed by atoms with Crippen LogP contribution in [-0.2, 0) is 11.2 Å². The normalized spacial score (nSPS) is 13.5. The number of anilines is 1. The first-order valence-electron chi connectivity index (χ1n) is 11.1. The van der Waals surface area contributed by atoms with Gasteiger partial charge in [-0.15, -0.1) is 10.2 Å². The molecule has 1 aliphatic carbocycles. The van der Waals surface area contributed by atoms with Crippen LogP contribution in [0.25, 0.3) is 17.0 Å². The van der Waals surface area contributed by atoms with Gasteiger partial charge in [0.15, 0.2) is 11.5 Å². The Morgan fingerprint density at radius 3 is 2.58 bits per heavy atom. The quantitative estimate of drug-likeness (QED) is 0.458. The van der Waals surface area contributed by atoms with Crippen molar-refractivity contribution in [2.45, 2.75) is 25.7 Å². The Hall–Kier alpha value is -4.07. The van der Waals surface area contributed by atoms with E-state index in [1.165, 1.54) is 0 Å². The summed E-state index contributed by atoms with van der Waals surface area (Å²) in [6, 6.07) is 16.7. The number of amides is 2. The number of rotatable bonds is 7. The minimum Gasteiger partial charge on any atom is -0.352 e. The fourth-order valence-electron chi connectivity index (χ4n) is 3.80. The zero-order valence-corrected chi connectivity index (χ0v) is 18.1. The first-order valence-corrected chi connectivity index (χ1v) is 11.1. The van der Waals surface area contributed by atoms with Crippen LogP contribution in [0, 0.1) is 5.92 Å². The van der Waals surface area contributed by atoms with E-state index in [4.69, 9.17) is 0 Å². The molecule has 0 atom stereocenters. The zero-order valence-electron chi connectivity index (χ0n) is 18.1. The van der Waals surface area contributed by atoms with Crippen molar-refractivity contribution in [2.75, 3.05) is 11.9 Å². The van der Waals surface area contributed by atoms with Gasteiger partial charge in [0.1, 0.15) is 0 Å². The Balaban J connectivity index is 1.27. The molecule has 0 unspecified atom stereocenters. The van der Waals surface area contributed by atoms with Crippen molar-refractivity contribution in [3.8, 4) is 11.4 Å². The minimum absolute atomic E-state index is 0.0636. The number of fused-ring (bicyclic) bond motifs is 1. The maximum absolute atomic E-state index is 12.5. The summed E-state index contributed by atoms with van der Waals surface area (Å²) < 4.78 is 1.85. The summed E-state index contributed by atoms with van der Waals surface area (Å²) in [5.74, 6) is 0.689. The van der Waals surface area contributed by atoms with Gasteiger partial charge in [0.05, 0.1) is 5.69 Å². The van der Waals surface area contributed by atoms with Gasteiger partial charge in [0.25, 0.3) is 5.91 Å². The number of benzene rings is 1. The largest absolute Gasteiger partial charge is 0.352 e. The van der Waals surface area contributed by atoms with Gasteiger partial charge in [-0.2, -0.15) is 0 Å². The van der Waals surface area contributed by atoms with Gasteiger partial charge >= 0.3 is 0 Å². The number of nitrogens with one attached hydrogen (secondary N) is 2. The van der Waals surface area contributed by atoms with Crippen LogP contribution in [0.3, 0.4) is 0 Å². The van der Waals surface area contributed by atoms with Gasteiger partial charge < -0.3 is 10.6 Å². The second kappa shape index (κ2) is 9.20. The minimum atomic E-state index is -0.135. The van der Waals surface area contributed by atoms with Crippen LogP contribution < -0.4 is 10.6 Å². The Morgan fingerprint density at radius 1 is 1.00 bits per heavy atom. The van der Waals surface area contributed by atoms with Crippen LogP contribution in [0.2, 0.25) is 0 Å². The van der Waals surface area contributed by atoms with Crippen LogP contribution in [0.1, 0.15) is 35.3 Å². The van der Waals surface area contributed by atoms with Gasteiger partial charge in [-0.1, -0.05) is 24.6 Å². The third-order valence-electron chi connectivity index (χ3n) is 5.94. The zero-order chi connectivity index (χ0) is 22.6. The molecule has 1 aliphatic rings. The standard InChI is InChI=1S/C25H24N6O2/c32-24(27-15-13-20-6-1-2-14-26-20)19-9-7-17(8-10-19)23-30-29-22-12-11-21(16-31(22)23)28-25(33)18-4-3-5-18/h1-2,6-12,14,16,18H,3-5,13,15H2,(H,27,32)(H,28,33). The number of carbonyl (C=O) groups is 2. The molecule has 1 fully saturated rings. The summed E-state index contributed by atoms with van der Waals surface area (Å²) in [5.41, 5.74) is 3.74. The van der Waals surface area contributed by atoms with Crippen LogP contribution in [0.5, 0.6) is 0 Å². The molecule has 0 radical (unpaired) electrons.